The Morgan fingerprint density at radius 1 is 1.06 bits per heavy atom. The van der Waals surface area contributed by atoms with E-state index in [-0.39, 0.29) is 11.6 Å². The average molecular weight is 309 g/mol. The van der Waals surface area contributed by atoms with Gasteiger partial charge in [0.2, 0.25) is 0 Å². The second-order valence-corrected chi connectivity index (χ2v) is 4.77. The van der Waals surface area contributed by atoms with E-state index in [1.165, 1.54) is 6.07 Å². The van der Waals surface area contributed by atoms with Gasteiger partial charge in [-0.3, -0.25) is 0 Å². The second kappa shape index (κ2) is 6.55. The summed E-state index contributed by atoms with van der Waals surface area (Å²) in [6.07, 6.45) is 1.94. The molecule has 0 aliphatic heterocycles. The molecule has 94 valence electrons. The topological polar surface area (TPSA) is 9.23 Å². The maximum absolute atomic E-state index is 13.6. The first-order chi connectivity index (χ1) is 8.79. The van der Waals surface area contributed by atoms with Crippen molar-refractivity contribution in [1.29, 1.82) is 0 Å². The number of aryl methyl sites for hydroxylation is 1. The molecule has 0 bridgehead atoms. The number of hydrogen-bond donors (Lipinski definition) is 0. The van der Waals surface area contributed by atoms with Crippen molar-refractivity contribution in [2.75, 3.05) is 5.33 Å². The summed E-state index contributed by atoms with van der Waals surface area (Å²) in [6, 6.07) is 14.3. The van der Waals surface area contributed by atoms with Crippen molar-refractivity contribution in [2.45, 2.75) is 12.8 Å². The van der Waals surface area contributed by atoms with E-state index in [4.69, 9.17) is 4.74 Å². The van der Waals surface area contributed by atoms with Gasteiger partial charge in [0.15, 0.2) is 11.6 Å². The van der Waals surface area contributed by atoms with Gasteiger partial charge in [-0.05, 0) is 42.7 Å². The molecule has 0 unspecified atom stereocenters. The molecular weight excluding hydrogens is 295 g/mol. The first kappa shape index (κ1) is 13.1. The van der Waals surface area contributed by atoms with Crippen LogP contribution in [0.4, 0.5) is 4.39 Å². The fraction of sp³-hybridized carbons (Fsp3) is 0.200. The van der Waals surface area contributed by atoms with E-state index < -0.39 is 0 Å². The zero-order chi connectivity index (χ0) is 12.8. The van der Waals surface area contributed by atoms with Crippen molar-refractivity contribution in [3.05, 3.63) is 59.9 Å². The van der Waals surface area contributed by atoms with Crippen LogP contribution < -0.4 is 4.74 Å². The number of ether oxygens (including phenoxy) is 1. The van der Waals surface area contributed by atoms with Gasteiger partial charge in [0.05, 0.1) is 0 Å². The third-order valence-electron chi connectivity index (χ3n) is 2.57. The average Bonchev–Trinajstić information content (AvgIpc) is 2.41. The second-order valence-electron chi connectivity index (χ2n) is 3.97. The summed E-state index contributed by atoms with van der Waals surface area (Å²) >= 11 is 3.39. The third-order valence-corrected chi connectivity index (χ3v) is 3.13. The van der Waals surface area contributed by atoms with E-state index in [9.17, 15) is 4.39 Å². The third kappa shape index (κ3) is 3.57. The summed E-state index contributed by atoms with van der Waals surface area (Å²) in [5.74, 6) is 0.601. The fourth-order valence-corrected chi connectivity index (χ4v) is 1.95. The molecule has 0 N–H and O–H groups in total. The molecule has 0 atom stereocenters. The number of halogens is 2. The van der Waals surface area contributed by atoms with Crippen LogP contribution in [-0.4, -0.2) is 5.33 Å². The molecule has 0 aromatic heterocycles. The molecule has 0 saturated heterocycles. The van der Waals surface area contributed by atoms with Gasteiger partial charge in [-0.1, -0.05) is 40.2 Å². The predicted octanol–water partition coefficient (Wildman–Crippen LogP) is 4.95. The number of para-hydroxylation sites is 1. The number of hydrogen-bond acceptors (Lipinski definition) is 1. The highest BCUT2D eigenvalue weighted by Gasteiger charge is 2.06. The van der Waals surface area contributed by atoms with Gasteiger partial charge in [0.1, 0.15) is 5.75 Å². The monoisotopic (exact) mass is 308 g/mol. The fourth-order valence-electron chi connectivity index (χ4n) is 1.67. The van der Waals surface area contributed by atoms with Crippen molar-refractivity contribution in [1.82, 2.24) is 0 Å². The van der Waals surface area contributed by atoms with Gasteiger partial charge in [0, 0.05) is 5.33 Å². The van der Waals surface area contributed by atoms with Crippen LogP contribution in [-0.2, 0) is 6.42 Å². The molecule has 1 nitrogen and oxygen atoms in total. The quantitative estimate of drug-likeness (QED) is 0.710. The lowest BCUT2D eigenvalue weighted by Gasteiger charge is -2.08. The van der Waals surface area contributed by atoms with E-state index >= 15 is 0 Å². The Bertz CT molecular complexity index is 499. The summed E-state index contributed by atoms with van der Waals surface area (Å²) in [7, 11) is 0. The molecule has 2 aromatic carbocycles. The van der Waals surface area contributed by atoms with E-state index in [2.05, 4.69) is 15.9 Å². The van der Waals surface area contributed by atoms with Gasteiger partial charge >= 0.3 is 0 Å². The first-order valence-electron chi connectivity index (χ1n) is 5.87. The van der Waals surface area contributed by atoms with E-state index in [0.29, 0.717) is 5.75 Å². The van der Waals surface area contributed by atoms with Crippen LogP contribution in [0.15, 0.2) is 48.5 Å². The van der Waals surface area contributed by atoms with Crippen molar-refractivity contribution in [3.63, 3.8) is 0 Å². The first-order valence-corrected chi connectivity index (χ1v) is 6.99. The van der Waals surface area contributed by atoms with Gasteiger partial charge in [-0.25, -0.2) is 4.39 Å². The smallest absolute Gasteiger partial charge is 0.165 e. The van der Waals surface area contributed by atoms with E-state index in [1.807, 2.05) is 30.3 Å². The minimum atomic E-state index is -0.332. The summed E-state index contributed by atoms with van der Waals surface area (Å²) in [6.45, 7) is 0. The van der Waals surface area contributed by atoms with Gasteiger partial charge < -0.3 is 4.74 Å². The van der Waals surface area contributed by atoms with Crippen molar-refractivity contribution in [2.24, 2.45) is 0 Å². The Hall–Kier alpha value is -1.35. The lowest BCUT2D eigenvalue weighted by molar-refractivity contribution is 0.441. The molecule has 2 aromatic rings. The SMILES string of the molecule is Fc1ccc(CCCBr)cc1Oc1ccccc1. The molecule has 0 aliphatic carbocycles. The molecule has 0 radical (unpaired) electrons. The zero-order valence-corrected chi connectivity index (χ0v) is 11.5. The Morgan fingerprint density at radius 2 is 1.83 bits per heavy atom. The van der Waals surface area contributed by atoms with Crippen LogP contribution >= 0.6 is 15.9 Å². The van der Waals surface area contributed by atoms with Crippen LogP contribution in [0.5, 0.6) is 11.5 Å². The minimum absolute atomic E-state index is 0.285. The molecule has 3 heteroatoms. The van der Waals surface area contributed by atoms with E-state index in [0.717, 1.165) is 23.7 Å². The van der Waals surface area contributed by atoms with Gasteiger partial charge in [-0.15, -0.1) is 0 Å². The lowest BCUT2D eigenvalue weighted by atomic mass is 10.1. The highest BCUT2D eigenvalue weighted by atomic mass is 79.9. The minimum Gasteiger partial charge on any atom is -0.454 e. The molecule has 0 amide bonds. The van der Waals surface area contributed by atoms with Gasteiger partial charge in [-0.2, -0.15) is 0 Å². The maximum atomic E-state index is 13.6. The number of benzene rings is 2. The predicted molar refractivity (Wildman–Crippen MR) is 75.0 cm³/mol. The summed E-state index contributed by atoms with van der Waals surface area (Å²) in [5.41, 5.74) is 1.08. The Labute approximate surface area is 115 Å². The molecule has 2 rings (SSSR count). The molecule has 0 spiro atoms. The number of rotatable bonds is 5. The van der Waals surface area contributed by atoms with Crippen LogP contribution in [0.1, 0.15) is 12.0 Å². The lowest BCUT2D eigenvalue weighted by Crippen LogP contribution is -1.92. The van der Waals surface area contributed by atoms with Crippen molar-refractivity contribution >= 4 is 15.9 Å². The Balaban J connectivity index is 2.16. The van der Waals surface area contributed by atoms with E-state index in [1.54, 1.807) is 12.1 Å². The van der Waals surface area contributed by atoms with Crippen LogP contribution in [0.2, 0.25) is 0 Å². The standard InChI is InChI=1S/C15H14BrFO/c16-10-4-5-12-8-9-14(17)15(11-12)18-13-6-2-1-3-7-13/h1-3,6-9,11H,4-5,10H2. The summed E-state index contributed by atoms with van der Waals surface area (Å²) in [4.78, 5) is 0. The Kier molecular flexibility index (Phi) is 4.76. The summed E-state index contributed by atoms with van der Waals surface area (Å²) < 4.78 is 19.2. The molecule has 0 heterocycles. The largest absolute Gasteiger partial charge is 0.454 e. The normalized spacial score (nSPS) is 10.3. The van der Waals surface area contributed by atoms with Crippen LogP contribution in [0.25, 0.3) is 0 Å². The van der Waals surface area contributed by atoms with Crippen LogP contribution in [0.3, 0.4) is 0 Å². The van der Waals surface area contributed by atoms with Gasteiger partial charge in [0.25, 0.3) is 0 Å². The highest BCUT2D eigenvalue weighted by molar-refractivity contribution is 9.09. The molecule has 0 saturated carbocycles. The van der Waals surface area contributed by atoms with Crippen molar-refractivity contribution < 1.29 is 9.13 Å². The zero-order valence-electron chi connectivity index (χ0n) is 9.90. The number of alkyl halides is 1. The molecular formula is C15H14BrFO. The molecule has 0 fully saturated rings. The summed E-state index contributed by atoms with van der Waals surface area (Å²) in [5, 5.41) is 0.944. The van der Waals surface area contributed by atoms with Crippen LogP contribution in [0, 0.1) is 5.82 Å². The maximum Gasteiger partial charge on any atom is 0.165 e. The Morgan fingerprint density at radius 3 is 2.56 bits per heavy atom. The molecule has 0 aliphatic rings. The van der Waals surface area contributed by atoms with Crippen molar-refractivity contribution in [3.8, 4) is 11.5 Å². The molecule has 18 heavy (non-hydrogen) atoms. The highest BCUT2D eigenvalue weighted by Crippen LogP contribution is 2.25.